The van der Waals surface area contributed by atoms with Gasteiger partial charge in [-0.05, 0) is 41.4 Å². The monoisotopic (exact) mass is 497 g/mol. The molecule has 0 aliphatic carbocycles. The molecule has 1 aromatic heterocycles. The van der Waals surface area contributed by atoms with Gasteiger partial charge in [-0.25, -0.2) is 4.99 Å². The van der Waals surface area contributed by atoms with Gasteiger partial charge in [0, 0.05) is 24.7 Å². The maximum Gasteiger partial charge on any atom is 0.387 e. The molecule has 0 bridgehead atoms. The van der Waals surface area contributed by atoms with Crippen LogP contribution in [-0.2, 0) is 13.1 Å². The van der Waals surface area contributed by atoms with Crippen molar-refractivity contribution < 1.29 is 18.3 Å². The van der Waals surface area contributed by atoms with Crippen molar-refractivity contribution in [2.75, 3.05) is 13.7 Å². The fourth-order valence-electron chi connectivity index (χ4n) is 2.09. The lowest BCUT2D eigenvalue weighted by atomic mass is 10.2. The van der Waals surface area contributed by atoms with Crippen LogP contribution in [0.3, 0.4) is 0 Å². The molecule has 0 aliphatic heterocycles. The molecule has 1 aromatic carbocycles. The van der Waals surface area contributed by atoms with Crippen molar-refractivity contribution in [3.63, 3.8) is 0 Å². The third-order valence-corrected chi connectivity index (χ3v) is 4.01. The summed E-state index contributed by atoms with van der Waals surface area (Å²) in [4.78, 5) is 4.48. The summed E-state index contributed by atoms with van der Waals surface area (Å²) < 4.78 is 34.9. The first-order chi connectivity index (χ1) is 12.1. The number of guanidine groups is 1. The number of nitrogens with one attached hydrogen (secondary N) is 2. The zero-order valence-corrected chi connectivity index (χ0v) is 17.6. The van der Waals surface area contributed by atoms with Gasteiger partial charge in [-0.15, -0.1) is 24.0 Å². The quantitative estimate of drug-likeness (QED) is 0.326. The Labute approximate surface area is 172 Å². The molecule has 0 spiro atoms. The third-order valence-electron chi connectivity index (χ3n) is 3.28. The highest BCUT2D eigenvalue weighted by molar-refractivity contribution is 14.0. The molecule has 0 aliphatic rings. The van der Waals surface area contributed by atoms with Crippen LogP contribution in [0, 0.1) is 0 Å². The number of rotatable bonds is 8. The van der Waals surface area contributed by atoms with Crippen molar-refractivity contribution in [1.29, 1.82) is 0 Å². The first kappa shape index (κ1) is 22.4. The lowest BCUT2D eigenvalue weighted by molar-refractivity contribution is -0.0505. The standard InChI is InChI=1S/C17H21F2N3O2S.HI/c1-3-20-17(21-9-12-6-7-25-11-12)22-10-13-4-5-14(23-2)8-15(13)24-16(18)19;/h4-8,11,16H,3,9-10H2,1-2H3,(H2,20,21,22);1H. The van der Waals surface area contributed by atoms with E-state index >= 15 is 0 Å². The Morgan fingerprint density at radius 1 is 1.27 bits per heavy atom. The fraction of sp³-hybridized carbons (Fsp3) is 0.353. The van der Waals surface area contributed by atoms with E-state index in [0.717, 1.165) is 5.56 Å². The van der Waals surface area contributed by atoms with E-state index in [1.54, 1.807) is 23.5 Å². The number of aliphatic imine (C=N–C) groups is 1. The predicted molar refractivity (Wildman–Crippen MR) is 111 cm³/mol. The number of benzene rings is 1. The molecule has 0 atom stereocenters. The molecular weight excluding hydrogens is 475 g/mol. The number of hydrogen-bond acceptors (Lipinski definition) is 4. The summed E-state index contributed by atoms with van der Waals surface area (Å²) in [5.41, 5.74) is 1.70. The average molecular weight is 497 g/mol. The molecule has 2 aromatic rings. The molecule has 2 rings (SSSR count). The van der Waals surface area contributed by atoms with E-state index in [9.17, 15) is 8.78 Å². The second kappa shape index (κ2) is 11.9. The van der Waals surface area contributed by atoms with E-state index < -0.39 is 6.61 Å². The van der Waals surface area contributed by atoms with Crippen molar-refractivity contribution >= 4 is 41.3 Å². The van der Waals surface area contributed by atoms with Crippen LogP contribution in [0.25, 0.3) is 0 Å². The second-order valence-electron chi connectivity index (χ2n) is 5.03. The van der Waals surface area contributed by atoms with Crippen LogP contribution in [0.15, 0.2) is 40.0 Å². The number of nitrogens with zero attached hydrogens (tertiary/aromatic N) is 1. The Hall–Kier alpha value is -1.62. The van der Waals surface area contributed by atoms with Crippen molar-refractivity contribution in [3.05, 3.63) is 46.2 Å². The van der Waals surface area contributed by atoms with Gasteiger partial charge in [0.15, 0.2) is 5.96 Å². The molecule has 1 heterocycles. The van der Waals surface area contributed by atoms with Gasteiger partial charge in [0.25, 0.3) is 0 Å². The Morgan fingerprint density at radius 2 is 2.08 bits per heavy atom. The molecule has 0 saturated carbocycles. The first-order valence-electron chi connectivity index (χ1n) is 7.77. The summed E-state index contributed by atoms with van der Waals surface area (Å²) in [5, 5.41) is 10.3. The topological polar surface area (TPSA) is 54.9 Å². The Kier molecular flexibility index (Phi) is 10.3. The Balaban J connectivity index is 0.00000338. The summed E-state index contributed by atoms with van der Waals surface area (Å²) in [6.07, 6.45) is 0. The van der Waals surface area contributed by atoms with Gasteiger partial charge in [-0.1, -0.05) is 0 Å². The molecule has 9 heteroatoms. The van der Waals surface area contributed by atoms with Crippen LogP contribution in [0.2, 0.25) is 0 Å². The number of halogens is 3. The SMILES string of the molecule is CCNC(=NCc1ccsc1)NCc1ccc(OC)cc1OC(F)F.I. The van der Waals surface area contributed by atoms with Crippen LogP contribution in [-0.4, -0.2) is 26.2 Å². The van der Waals surface area contributed by atoms with E-state index in [-0.39, 0.29) is 29.7 Å². The van der Waals surface area contributed by atoms with Crippen LogP contribution in [0.5, 0.6) is 11.5 Å². The molecule has 0 saturated heterocycles. The number of hydrogen-bond donors (Lipinski definition) is 2. The van der Waals surface area contributed by atoms with Crippen molar-refractivity contribution in [3.8, 4) is 11.5 Å². The number of alkyl halides is 2. The maximum atomic E-state index is 12.6. The molecule has 2 N–H and O–H groups in total. The normalized spacial score (nSPS) is 11.0. The summed E-state index contributed by atoms with van der Waals surface area (Å²) in [7, 11) is 1.47. The summed E-state index contributed by atoms with van der Waals surface area (Å²) in [6, 6.07) is 6.84. The molecule has 26 heavy (non-hydrogen) atoms. The minimum atomic E-state index is -2.90. The van der Waals surface area contributed by atoms with Gasteiger partial charge in [-0.3, -0.25) is 0 Å². The minimum Gasteiger partial charge on any atom is -0.497 e. The smallest absolute Gasteiger partial charge is 0.387 e. The first-order valence-corrected chi connectivity index (χ1v) is 8.71. The van der Waals surface area contributed by atoms with Crippen molar-refractivity contribution in [2.45, 2.75) is 26.6 Å². The van der Waals surface area contributed by atoms with Gasteiger partial charge in [0.1, 0.15) is 11.5 Å². The van der Waals surface area contributed by atoms with Gasteiger partial charge >= 0.3 is 6.61 Å². The fourth-order valence-corrected chi connectivity index (χ4v) is 2.75. The number of methoxy groups -OCH3 is 1. The average Bonchev–Trinajstić information content (AvgIpc) is 3.11. The second-order valence-corrected chi connectivity index (χ2v) is 5.81. The number of thiophene rings is 1. The summed E-state index contributed by atoms with van der Waals surface area (Å²) in [6.45, 7) is 0.592. The predicted octanol–water partition coefficient (Wildman–Crippen LogP) is 4.23. The van der Waals surface area contributed by atoms with Crippen LogP contribution < -0.4 is 20.1 Å². The Morgan fingerprint density at radius 3 is 2.69 bits per heavy atom. The third kappa shape index (κ3) is 7.32. The lowest BCUT2D eigenvalue weighted by Crippen LogP contribution is -2.36. The highest BCUT2D eigenvalue weighted by atomic mass is 127. The van der Waals surface area contributed by atoms with E-state index in [0.29, 0.717) is 36.9 Å². The summed E-state index contributed by atoms with van der Waals surface area (Å²) in [5.74, 6) is 1.14. The molecule has 144 valence electrons. The maximum absolute atomic E-state index is 12.6. The summed E-state index contributed by atoms with van der Waals surface area (Å²) >= 11 is 1.62. The van der Waals surface area contributed by atoms with Crippen molar-refractivity contribution in [2.24, 2.45) is 4.99 Å². The molecule has 0 amide bonds. The van der Waals surface area contributed by atoms with Crippen LogP contribution in [0.4, 0.5) is 8.78 Å². The highest BCUT2D eigenvalue weighted by Gasteiger charge is 2.11. The Bertz CT molecular complexity index is 685. The van der Waals surface area contributed by atoms with E-state index in [4.69, 9.17) is 4.74 Å². The molecule has 5 nitrogen and oxygen atoms in total. The largest absolute Gasteiger partial charge is 0.497 e. The molecular formula is C17H22F2IN3O2S. The van der Waals surface area contributed by atoms with Gasteiger partial charge in [0.05, 0.1) is 13.7 Å². The van der Waals surface area contributed by atoms with Crippen LogP contribution >= 0.6 is 35.3 Å². The zero-order valence-electron chi connectivity index (χ0n) is 14.5. The van der Waals surface area contributed by atoms with E-state index in [2.05, 4.69) is 20.4 Å². The minimum absolute atomic E-state index is 0. The van der Waals surface area contributed by atoms with Gasteiger partial charge in [0.2, 0.25) is 0 Å². The van der Waals surface area contributed by atoms with Gasteiger partial charge < -0.3 is 20.1 Å². The molecule has 0 radical (unpaired) electrons. The van der Waals surface area contributed by atoms with E-state index in [1.807, 2.05) is 23.8 Å². The van der Waals surface area contributed by atoms with Crippen LogP contribution in [0.1, 0.15) is 18.1 Å². The zero-order chi connectivity index (χ0) is 18.1. The van der Waals surface area contributed by atoms with Crippen molar-refractivity contribution in [1.82, 2.24) is 10.6 Å². The lowest BCUT2D eigenvalue weighted by Gasteiger charge is -2.15. The molecule has 0 fully saturated rings. The van der Waals surface area contributed by atoms with E-state index in [1.165, 1.54) is 13.2 Å². The number of ether oxygens (including phenoxy) is 2. The highest BCUT2D eigenvalue weighted by Crippen LogP contribution is 2.26. The molecule has 0 unspecified atom stereocenters. The van der Waals surface area contributed by atoms with Gasteiger partial charge in [-0.2, -0.15) is 20.1 Å².